The summed E-state index contributed by atoms with van der Waals surface area (Å²) in [6, 6.07) is 14.1. The zero-order valence-electron chi connectivity index (χ0n) is 18.5. The van der Waals surface area contributed by atoms with Crippen LogP contribution in [-0.4, -0.2) is 68.6 Å². The second kappa shape index (κ2) is 12.3. The smallest absolute Gasteiger partial charge is 0.414 e. The van der Waals surface area contributed by atoms with Crippen molar-refractivity contribution in [2.75, 3.05) is 24.5 Å². The van der Waals surface area contributed by atoms with Gasteiger partial charge in [0.1, 0.15) is 0 Å². The molecule has 3 aromatic rings. The zero-order valence-corrected chi connectivity index (χ0v) is 18.5. The monoisotopic (exact) mass is 466 g/mol. The number of amides is 1. The van der Waals surface area contributed by atoms with Crippen molar-refractivity contribution in [2.24, 2.45) is 0 Å². The number of likely N-dealkylation sites (tertiary alicyclic amines) is 1. The van der Waals surface area contributed by atoms with E-state index in [1.807, 2.05) is 6.07 Å². The fourth-order valence-corrected chi connectivity index (χ4v) is 3.72. The summed E-state index contributed by atoms with van der Waals surface area (Å²) in [6.45, 7) is 2.95. The van der Waals surface area contributed by atoms with Crippen LogP contribution < -0.4 is 4.90 Å². The van der Waals surface area contributed by atoms with Crippen LogP contribution in [0.1, 0.15) is 29.0 Å². The Hall–Kier alpha value is -4.05. The van der Waals surface area contributed by atoms with E-state index in [1.165, 1.54) is 11.8 Å². The number of aromatic nitrogens is 2. The maximum absolute atomic E-state index is 13.0. The van der Waals surface area contributed by atoms with Crippen LogP contribution in [0.15, 0.2) is 71.7 Å². The lowest BCUT2D eigenvalue weighted by Crippen LogP contribution is -2.48. The maximum Gasteiger partial charge on any atom is 0.414 e. The molecule has 0 spiro atoms. The SMILES string of the molecule is O=C(O)C(=O)O.O=C(c1ccco1)N(c1cnccn1)C1CCN(CCc2ccccc2)CC1. The minimum absolute atomic E-state index is 0.0854. The van der Waals surface area contributed by atoms with E-state index in [0.717, 1.165) is 38.9 Å². The Morgan fingerprint density at radius 2 is 1.71 bits per heavy atom. The highest BCUT2D eigenvalue weighted by Gasteiger charge is 2.31. The predicted molar refractivity (Wildman–Crippen MR) is 122 cm³/mol. The molecule has 10 nitrogen and oxygen atoms in total. The van der Waals surface area contributed by atoms with E-state index in [1.54, 1.807) is 35.6 Å². The molecule has 2 N–H and O–H groups in total. The van der Waals surface area contributed by atoms with Crippen LogP contribution in [0.4, 0.5) is 5.82 Å². The van der Waals surface area contributed by atoms with E-state index in [4.69, 9.17) is 24.2 Å². The largest absolute Gasteiger partial charge is 0.473 e. The molecule has 0 saturated carbocycles. The lowest BCUT2D eigenvalue weighted by atomic mass is 10.0. The number of carboxylic acid groups (broad SMARTS) is 2. The molecular weight excluding hydrogens is 440 g/mol. The normalized spacial score (nSPS) is 14.0. The van der Waals surface area contributed by atoms with Crippen molar-refractivity contribution < 1.29 is 29.0 Å². The molecule has 1 saturated heterocycles. The third-order valence-corrected chi connectivity index (χ3v) is 5.41. The highest BCUT2D eigenvalue weighted by atomic mass is 16.4. The fraction of sp³-hybridized carbons (Fsp3) is 0.292. The quantitative estimate of drug-likeness (QED) is 0.525. The lowest BCUT2D eigenvalue weighted by molar-refractivity contribution is -0.159. The Bertz CT molecular complexity index is 1040. The van der Waals surface area contributed by atoms with E-state index < -0.39 is 11.9 Å². The van der Waals surface area contributed by atoms with Crippen molar-refractivity contribution in [3.05, 3.63) is 78.6 Å². The second-order valence-corrected chi connectivity index (χ2v) is 7.63. The lowest BCUT2D eigenvalue weighted by Gasteiger charge is -2.37. The summed E-state index contributed by atoms with van der Waals surface area (Å²) in [5.41, 5.74) is 1.36. The van der Waals surface area contributed by atoms with Gasteiger partial charge in [0.25, 0.3) is 5.91 Å². The first-order chi connectivity index (χ1) is 16.5. The number of piperidine rings is 1. The van der Waals surface area contributed by atoms with Gasteiger partial charge >= 0.3 is 11.9 Å². The number of carboxylic acids is 2. The van der Waals surface area contributed by atoms with Crippen LogP contribution in [-0.2, 0) is 16.0 Å². The average molecular weight is 466 g/mol. The van der Waals surface area contributed by atoms with Crippen LogP contribution in [0, 0.1) is 0 Å². The highest BCUT2D eigenvalue weighted by Crippen LogP contribution is 2.24. The summed E-state index contributed by atoms with van der Waals surface area (Å²) in [7, 11) is 0. The molecule has 2 aromatic heterocycles. The molecule has 0 bridgehead atoms. The topological polar surface area (TPSA) is 137 Å². The van der Waals surface area contributed by atoms with Crippen molar-refractivity contribution in [1.29, 1.82) is 0 Å². The second-order valence-electron chi connectivity index (χ2n) is 7.63. The first-order valence-electron chi connectivity index (χ1n) is 10.8. The molecule has 1 aromatic carbocycles. The molecule has 0 atom stereocenters. The van der Waals surface area contributed by atoms with Crippen molar-refractivity contribution in [1.82, 2.24) is 14.9 Å². The Morgan fingerprint density at radius 3 is 2.26 bits per heavy atom. The first kappa shape index (κ1) is 24.6. The maximum atomic E-state index is 13.0. The number of hydrogen-bond acceptors (Lipinski definition) is 7. The number of carbonyl (C=O) groups is 3. The summed E-state index contributed by atoms with van der Waals surface area (Å²) < 4.78 is 5.35. The van der Waals surface area contributed by atoms with Gasteiger partial charge in [0.05, 0.1) is 12.5 Å². The van der Waals surface area contributed by atoms with Crippen molar-refractivity contribution in [3.63, 3.8) is 0 Å². The van der Waals surface area contributed by atoms with Crippen LogP contribution in [0.25, 0.3) is 0 Å². The Kier molecular flexibility index (Phi) is 8.87. The van der Waals surface area contributed by atoms with Crippen LogP contribution in [0.3, 0.4) is 0 Å². The molecule has 0 unspecified atom stereocenters. The van der Waals surface area contributed by atoms with E-state index in [9.17, 15) is 4.79 Å². The van der Waals surface area contributed by atoms with Gasteiger partial charge in [-0.15, -0.1) is 0 Å². The van der Waals surface area contributed by atoms with Gasteiger partial charge in [-0.05, 0) is 37.0 Å². The van der Waals surface area contributed by atoms with Gasteiger partial charge in [-0.2, -0.15) is 0 Å². The molecule has 10 heteroatoms. The van der Waals surface area contributed by atoms with Gasteiger partial charge in [0.2, 0.25) is 0 Å². The Balaban J connectivity index is 0.000000481. The molecule has 1 aliphatic rings. The number of benzene rings is 1. The highest BCUT2D eigenvalue weighted by molar-refractivity contribution is 6.27. The Morgan fingerprint density at radius 1 is 1.00 bits per heavy atom. The number of nitrogens with zero attached hydrogens (tertiary/aromatic N) is 4. The van der Waals surface area contributed by atoms with E-state index in [-0.39, 0.29) is 11.9 Å². The molecule has 1 fully saturated rings. The van der Waals surface area contributed by atoms with Gasteiger partial charge in [0, 0.05) is 38.1 Å². The van der Waals surface area contributed by atoms with Crippen molar-refractivity contribution in [3.8, 4) is 0 Å². The fourth-order valence-electron chi connectivity index (χ4n) is 3.72. The molecule has 178 valence electrons. The molecule has 1 amide bonds. The minimum atomic E-state index is -1.82. The van der Waals surface area contributed by atoms with Gasteiger partial charge in [-0.1, -0.05) is 30.3 Å². The van der Waals surface area contributed by atoms with Crippen molar-refractivity contribution >= 4 is 23.7 Å². The van der Waals surface area contributed by atoms with Gasteiger partial charge < -0.3 is 19.5 Å². The van der Waals surface area contributed by atoms with Crippen molar-refractivity contribution in [2.45, 2.75) is 25.3 Å². The molecular formula is C24H26N4O6. The standard InChI is InChI=1S/C22H24N4O2.C2H2O4/c27-22(20-7-4-16-28-20)26(21-17-23-11-12-24-21)19-9-14-25(15-10-19)13-8-18-5-2-1-3-6-18;3-1(4)2(5)6/h1-7,11-12,16-17,19H,8-10,13-15H2;(H,3,4)(H,5,6). The third kappa shape index (κ3) is 6.97. The molecule has 3 heterocycles. The van der Waals surface area contributed by atoms with E-state index >= 15 is 0 Å². The van der Waals surface area contributed by atoms with Gasteiger partial charge in [0.15, 0.2) is 11.6 Å². The van der Waals surface area contributed by atoms with Crippen LogP contribution >= 0.6 is 0 Å². The third-order valence-electron chi connectivity index (χ3n) is 5.41. The Labute approximate surface area is 196 Å². The van der Waals surface area contributed by atoms with Gasteiger partial charge in [-0.25, -0.2) is 14.6 Å². The molecule has 34 heavy (non-hydrogen) atoms. The number of rotatable bonds is 6. The molecule has 1 aliphatic heterocycles. The minimum Gasteiger partial charge on any atom is -0.473 e. The molecule has 4 rings (SSSR count). The number of anilines is 1. The van der Waals surface area contributed by atoms with Crippen LogP contribution in [0.5, 0.6) is 0 Å². The van der Waals surface area contributed by atoms with Gasteiger partial charge in [-0.3, -0.25) is 14.7 Å². The van der Waals surface area contributed by atoms with E-state index in [2.05, 4.69) is 39.1 Å². The predicted octanol–water partition coefficient (Wildman–Crippen LogP) is 2.58. The number of furan rings is 1. The molecule has 0 aliphatic carbocycles. The number of hydrogen-bond donors (Lipinski definition) is 2. The summed E-state index contributed by atoms with van der Waals surface area (Å²) in [6.07, 6.45) is 9.25. The number of carbonyl (C=O) groups excluding carboxylic acids is 1. The average Bonchev–Trinajstić information content (AvgIpc) is 3.40. The van der Waals surface area contributed by atoms with Crippen LogP contribution in [0.2, 0.25) is 0 Å². The van der Waals surface area contributed by atoms with E-state index in [0.29, 0.717) is 11.6 Å². The summed E-state index contributed by atoms with van der Waals surface area (Å²) in [5.74, 6) is -2.90. The molecule has 0 radical (unpaired) electrons. The number of aliphatic carboxylic acids is 2. The summed E-state index contributed by atoms with van der Waals surface area (Å²) in [4.78, 5) is 44.0. The first-order valence-corrected chi connectivity index (χ1v) is 10.8. The zero-order chi connectivity index (χ0) is 24.3. The summed E-state index contributed by atoms with van der Waals surface area (Å²) >= 11 is 0. The summed E-state index contributed by atoms with van der Waals surface area (Å²) in [5, 5.41) is 14.8.